The van der Waals surface area contributed by atoms with Crippen LogP contribution in [0.25, 0.3) is 0 Å². The zero-order valence-corrected chi connectivity index (χ0v) is 107. The maximum Gasteiger partial charge on any atom is 3.00 e. The molecule has 0 amide bonds. The fourth-order valence-electron chi connectivity index (χ4n) is 0. The number of hydrogen-bond acceptors (Lipinski definition) is 0. The van der Waals surface area contributed by atoms with Gasteiger partial charge in [0, 0.05) is 0 Å². The van der Waals surface area contributed by atoms with Gasteiger partial charge in [-0.05, 0) is 0 Å². The van der Waals surface area contributed by atoms with Crippen LogP contribution in [0.15, 0.2) is 0 Å². The van der Waals surface area contributed by atoms with E-state index in [0.29, 0.717) is 0 Å². The minimum absolute atomic E-state index is 0. The molecule has 0 spiro atoms. The number of rotatable bonds is 0. The van der Waals surface area contributed by atoms with Crippen LogP contribution in [-0.4, -0.2) is 524 Å². The van der Waals surface area contributed by atoms with Gasteiger partial charge in [0.25, 0.3) is 0 Å². The summed E-state index contributed by atoms with van der Waals surface area (Å²) in [5, 5.41) is 0. The molecule has 0 aromatic carbocycles. The Kier molecular flexibility index (Phi) is 283000. The van der Waals surface area contributed by atoms with E-state index in [0.717, 1.165) is 0 Å². The zero-order chi connectivity index (χ0) is 0. The van der Waals surface area contributed by atoms with Gasteiger partial charge in [-0.25, -0.2) is 0 Å². The van der Waals surface area contributed by atoms with Crippen molar-refractivity contribution >= 4 is 524 Å². The van der Waals surface area contributed by atoms with E-state index >= 15 is 0 Å². The van der Waals surface area contributed by atoms with Crippen LogP contribution in [0.5, 0.6) is 0 Å². The predicted molar refractivity (Wildman–Crippen MR) is 163 cm³/mol. The van der Waals surface area contributed by atoms with Crippen molar-refractivity contribution in [1.82, 2.24) is 0 Å². The largest absolute Gasteiger partial charge is 3.00 e. The molecule has 0 aliphatic carbocycles. The molecule has 0 aromatic heterocycles. The van der Waals surface area contributed by atoms with Crippen molar-refractivity contribution < 1.29 is 383 Å². The second-order valence-electron chi connectivity index (χ2n) is 0. The molecule has 0 aliphatic heterocycles. The van der Waals surface area contributed by atoms with Crippen LogP contribution in [0.2, 0.25) is 0 Å². The van der Waals surface area contributed by atoms with Gasteiger partial charge in [0.15, 0.2) is 0 Å². The average Bonchev–Trinajstić information content (AvgIpc) is 0. The van der Waals surface area contributed by atoms with Crippen LogP contribution in [0.4, 0.5) is 0 Å². The second-order valence-corrected chi connectivity index (χ2v) is 0. The fourth-order valence-corrected chi connectivity index (χ4v) is 0. The molecule has 0 unspecified atom stereocenters. The third kappa shape index (κ3) is 4830. The summed E-state index contributed by atoms with van der Waals surface area (Å²) >= 11 is 0. The van der Waals surface area contributed by atoms with Crippen molar-refractivity contribution in [3.05, 3.63) is 0 Å². The number of hydrogen-bond donors (Lipinski definition) is 0. The van der Waals surface area contributed by atoms with Gasteiger partial charge in [0.1, 0.15) is 0 Å². The molecule has 0 bridgehead atoms. The first-order chi connectivity index (χ1) is 0. The normalized spacial score (nSPS) is 0. The van der Waals surface area contributed by atoms with Gasteiger partial charge in [-0.1, -0.05) is 0 Å². The van der Waals surface area contributed by atoms with Crippen LogP contribution < -0.4 is 0 Å². The summed E-state index contributed by atoms with van der Waals surface area (Å²) in [6, 6.07) is 0. The first-order valence-electron chi connectivity index (χ1n) is 0. The van der Waals surface area contributed by atoms with Crippen LogP contribution in [-0.2, 0) is 383 Å². The molecule has 0 rings (SSSR count). The van der Waals surface area contributed by atoms with Crippen molar-refractivity contribution in [2.75, 3.05) is 0 Å². The van der Waals surface area contributed by atoms with Gasteiger partial charge < -0.3 is 383 Å². The van der Waals surface area contributed by atoms with Crippen LogP contribution in [0.3, 0.4) is 0 Å². The Labute approximate surface area is 890 Å². The van der Waals surface area contributed by atoms with E-state index in [1.54, 1.807) is 0 Å². The SMILES string of the molecule is [Bi+3].[Bi+3].[Bi+3].[Bi+3].[Bi+3].[Bi+3].[Bi+3].[Bi+3].[Bi+3].[Bi+3].[Bi+3].[Bi+3].[Bi+3].[Bi+3].[Bi+3].[Bi+3].[Bi+3].[Bi+3].[Bi+3].[Bi+3].[O-2].[O-2].[O-2].[O-2].[O-2].[O-2].[O-2].[O-2].[O-2].[O-2].[O-2].[O-2].[O-2].[O-2].[O-2].[O-2].[O-2].[O-2].[O-2].[O-2].[O-2].[O-2].[O-2].[O-2].[O-2].[O-2].[O-2].[O-2].[O-2].[O-2].[O-2].[O-2].[O-2].[O-2].[O-2].[O-2].[O-2].[O-2].[O-2].[O-2].[O-2].[O-2].[O-2].[O-2].[O-2].[O-2].[O-2].[O-2].[O-2].[O-2].[O-2].[O-2].[O-2].[O-2].[O-2].[O-2].[O-2].[O-2].[O-2].[O-2].[O-2].[O-2].[O-2].[O-2].[O-2].[O-2].[O-2].[O-2].[O-2].[O-2]. The monoisotopic (exact) mass is 5300 g/mol. The van der Waals surface area contributed by atoms with Crippen molar-refractivity contribution in [3.8, 4) is 0 Å². The summed E-state index contributed by atoms with van der Waals surface area (Å²) in [6.07, 6.45) is 0. The maximum absolute atomic E-state index is 0. The van der Waals surface area contributed by atoms with E-state index in [4.69, 9.17) is 0 Å². The summed E-state index contributed by atoms with van der Waals surface area (Å²) < 4.78 is 0. The molecule has 90 heavy (non-hydrogen) atoms. The van der Waals surface area contributed by atoms with Gasteiger partial charge >= 0.3 is 524 Å². The zero-order valence-electron chi connectivity index (χ0n) is 37.5. The van der Waals surface area contributed by atoms with E-state index in [9.17, 15) is 0 Å². The van der Waals surface area contributed by atoms with Gasteiger partial charge in [0.2, 0.25) is 0 Å². The Morgan fingerprint density at radius 3 is 0.0222 bits per heavy atom. The average molecular weight is 5300 g/mol. The third-order valence-corrected chi connectivity index (χ3v) is 0. The molecule has 0 saturated carbocycles. The smallest absolute Gasteiger partial charge is 2.00 e. The van der Waals surface area contributed by atoms with Gasteiger partial charge in [-0.3, -0.25) is 0 Å². The standard InChI is InChI=1S/20Bi.70O/q20*+3;70*-2. The van der Waals surface area contributed by atoms with Crippen LogP contribution in [0, 0.1) is 0 Å². The van der Waals surface area contributed by atoms with Gasteiger partial charge in [-0.2, -0.15) is 0 Å². The maximum atomic E-state index is 0. The van der Waals surface area contributed by atoms with Crippen LogP contribution in [0.1, 0.15) is 0 Å². The van der Waals surface area contributed by atoms with Gasteiger partial charge in [0.05, 0.1) is 0 Å². The Morgan fingerprint density at radius 2 is 0.0222 bits per heavy atom. The van der Waals surface area contributed by atoms with Crippen molar-refractivity contribution in [2.45, 2.75) is 0 Å². The molecule has 70 nitrogen and oxygen atoms in total. The Bertz CT molecular complexity index is 68.8. The molecular formula is Bi20O70-80. The summed E-state index contributed by atoms with van der Waals surface area (Å²) in [5.74, 6) is 0. The van der Waals surface area contributed by atoms with Crippen molar-refractivity contribution in [2.24, 2.45) is 0 Å². The molecule has 40 radical (unpaired) electrons. The third-order valence-electron chi connectivity index (χ3n) is 0. The second kappa shape index (κ2) is 4980. The fraction of sp³-hybridized carbons (Fsp3) is 0. The Balaban J connectivity index is 0. The minimum atomic E-state index is 0. The predicted octanol–water partition coefficient (Wildman–Crippen LogP) is -15.9. The topological polar surface area (TPSA) is 2000 Å². The minimum Gasteiger partial charge on any atom is -2.00 e. The summed E-state index contributed by atoms with van der Waals surface area (Å²) in [6.45, 7) is 0. The quantitative estimate of drug-likeness (QED) is 0.204. The molecule has 0 aromatic rings. The molecule has 600 valence electrons. The van der Waals surface area contributed by atoms with E-state index in [2.05, 4.69) is 0 Å². The molecule has 90 heteroatoms. The first-order valence-corrected chi connectivity index (χ1v) is 0. The van der Waals surface area contributed by atoms with Gasteiger partial charge in [-0.15, -0.1) is 0 Å². The van der Waals surface area contributed by atoms with E-state index in [1.807, 2.05) is 0 Å². The van der Waals surface area contributed by atoms with E-state index < -0.39 is 0 Å². The summed E-state index contributed by atoms with van der Waals surface area (Å²) in [5.41, 5.74) is 0. The summed E-state index contributed by atoms with van der Waals surface area (Å²) in [4.78, 5) is 0. The molecule has 0 heterocycles. The molecule has 0 saturated heterocycles. The molecule has 0 atom stereocenters. The van der Waals surface area contributed by atoms with E-state index in [-0.39, 0.29) is 907 Å². The molecular weight excluding hydrogens is 5300 g/mol. The van der Waals surface area contributed by atoms with E-state index in [1.165, 1.54) is 0 Å². The Hall–Kier alpha value is 14.9. The summed E-state index contributed by atoms with van der Waals surface area (Å²) in [7, 11) is 0. The van der Waals surface area contributed by atoms with Crippen molar-refractivity contribution in [3.63, 3.8) is 0 Å². The first kappa shape index (κ1) is 5120. The Morgan fingerprint density at radius 1 is 0.0222 bits per heavy atom. The molecule has 0 N–H and O–H groups in total. The van der Waals surface area contributed by atoms with Crippen LogP contribution >= 0.6 is 0 Å². The van der Waals surface area contributed by atoms with Crippen molar-refractivity contribution in [1.29, 1.82) is 0 Å². The molecule has 0 aliphatic rings. The molecule has 0 fully saturated rings.